The first-order valence-corrected chi connectivity index (χ1v) is 10.6. The van der Waals surface area contributed by atoms with Gasteiger partial charge in [-0.3, -0.25) is 4.40 Å². The Kier molecular flexibility index (Phi) is 5.18. The lowest BCUT2D eigenvalue weighted by Gasteiger charge is -2.24. The number of fused-ring (bicyclic) bond motifs is 1. The summed E-state index contributed by atoms with van der Waals surface area (Å²) >= 11 is 0. The molecule has 0 aliphatic heterocycles. The van der Waals surface area contributed by atoms with Crippen LogP contribution in [0.4, 0.5) is 5.82 Å². The van der Waals surface area contributed by atoms with E-state index in [9.17, 15) is 0 Å². The van der Waals surface area contributed by atoms with Gasteiger partial charge in [-0.2, -0.15) is 0 Å². The summed E-state index contributed by atoms with van der Waals surface area (Å²) in [6, 6.07) is 20.6. The third kappa shape index (κ3) is 3.92. The molecule has 0 saturated heterocycles. The Balaban J connectivity index is 1.46. The Morgan fingerprint density at radius 3 is 2.50 bits per heavy atom. The number of rotatable bonds is 3. The van der Waals surface area contributed by atoms with Crippen molar-refractivity contribution in [3.8, 4) is 23.1 Å². The zero-order valence-electron chi connectivity index (χ0n) is 16.9. The van der Waals surface area contributed by atoms with Crippen LogP contribution in [0.25, 0.3) is 16.9 Å². The number of hydrogen-bond acceptors (Lipinski definition) is 3. The Morgan fingerprint density at radius 1 is 0.867 bits per heavy atom. The Labute approximate surface area is 177 Å². The lowest BCUT2D eigenvalue weighted by atomic mass is 9.95. The third-order valence-electron chi connectivity index (χ3n) is 5.62. The van der Waals surface area contributed by atoms with E-state index in [2.05, 4.69) is 38.8 Å². The number of nitrogens with one attached hydrogen (secondary N) is 1. The molecule has 4 heteroatoms. The molecular formula is C26H24N4. The highest BCUT2D eigenvalue weighted by molar-refractivity contribution is 5.76. The van der Waals surface area contributed by atoms with Crippen LogP contribution >= 0.6 is 0 Å². The minimum Gasteiger partial charge on any atom is -0.367 e. The van der Waals surface area contributed by atoms with Gasteiger partial charge in [0, 0.05) is 29.6 Å². The van der Waals surface area contributed by atoms with Crippen LogP contribution in [0.15, 0.2) is 73.1 Å². The molecule has 4 nitrogen and oxygen atoms in total. The summed E-state index contributed by atoms with van der Waals surface area (Å²) in [4.78, 5) is 9.47. The third-order valence-corrected chi connectivity index (χ3v) is 5.62. The van der Waals surface area contributed by atoms with Crippen molar-refractivity contribution in [1.82, 2.24) is 14.4 Å². The summed E-state index contributed by atoms with van der Waals surface area (Å²) in [7, 11) is 0. The topological polar surface area (TPSA) is 42.2 Å². The maximum atomic E-state index is 4.90. The Hall–Kier alpha value is -3.58. The van der Waals surface area contributed by atoms with E-state index >= 15 is 0 Å². The van der Waals surface area contributed by atoms with Crippen molar-refractivity contribution in [2.24, 2.45) is 0 Å². The van der Waals surface area contributed by atoms with Gasteiger partial charge in [0.15, 0.2) is 0 Å². The molecule has 1 fully saturated rings. The zero-order chi connectivity index (χ0) is 20.2. The summed E-state index contributed by atoms with van der Waals surface area (Å²) in [6.07, 6.45) is 10.3. The van der Waals surface area contributed by atoms with Gasteiger partial charge in [-0.05, 0) is 55.2 Å². The quantitative estimate of drug-likeness (QED) is 0.466. The van der Waals surface area contributed by atoms with Crippen LogP contribution in [0.3, 0.4) is 0 Å². The molecule has 0 amide bonds. The second-order valence-electron chi connectivity index (χ2n) is 7.77. The molecule has 1 N–H and O–H groups in total. The molecule has 5 rings (SSSR count). The molecule has 1 aromatic carbocycles. The van der Waals surface area contributed by atoms with E-state index in [4.69, 9.17) is 4.98 Å². The number of imidazole rings is 1. The number of aromatic nitrogens is 3. The van der Waals surface area contributed by atoms with E-state index in [0.717, 1.165) is 34.0 Å². The van der Waals surface area contributed by atoms with E-state index in [1.807, 2.05) is 60.8 Å². The average molecular weight is 393 g/mol. The maximum absolute atomic E-state index is 4.90. The molecule has 3 heterocycles. The lowest BCUT2D eigenvalue weighted by Crippen LogP contribution is -2.23. The van der Waals surface area contributed by atoms with Crippen molar-refractivity contribution >= 4 is 11.5 Å². The molecule has 3 aromatic heterocycles. The highest BCUT2D eigenvalue weighted by atomic mass is 15.1. The van der Waals surface area contributed by atoms with Crippen molar-refractivity contribution in [1.29, 1.82) is 0 Å². The molecule has 4 aromatic rings. The SMILES string of the molecule is C(#Cc1ccc(-c2nc3ccccn3c2NC2CCCCC2)cn1)c1ccccc1. The highest BCUT2D eigenvalue weighted by Crippen LogP contribution is 2.31. The largest absolute Gasteiger partial charge is 0.367 e. The van der Waals surface area contributed by atoms with Crippen LogP contribution in [-0.4, -0.2) is 20.4 Å². The molecular weight excluding hydrogens is 368 g/mol. The second-order valence-corrected chi connectivity index (χ2v) is 7.77. The molecule has 1 aliphatic carbocycles. The molecule has 0 radical (unpaired) electrons. The number of anilines is 1. The number of nitrogens with zero attached hydrogens (tertiary/aromatic N) is 3. The van der Waals surface area contributed by atoms with Crippen molar-refractivity contribution < 1.29 is 0 Å². The molecule has 30 heavy (non-hydrogen) atoms. The summed E-state index contributed by atoms with van der Waals surface area (Å²) in [5, 5.41) is 3.78. The molecule has 148 valence electrons. The molecule has 0 bridgehead atoms. The van der Waals surface area contributed by atoms with Crippen LogP contribution in [0, 0.1) is 11.8 Å². The first-order chi connectivity index (χ1) is 14.9. The summed E-state index contributed by atoms with van der Waals surface area (Å²) in [5.41, 5.74) is 4.64. The van der Waals surface area contributed by atoms with Gasteiger partial charge in [0.2, 0.25) is 0 Å². The van der Waals surface area contributed by atoms with Gasteiger partial charge in [0.05, 0.1) is 0 Å². The number of pyridine rings is 2. The normalized spacial score (nSPS) is 14.3. The van der Waals surface area contributed by atoms with Gasteiger partial charge in [-0.15, -0.1) is 0 Å². The van der Waals surface area contributed by atoms with Crippen LogP contribution in [0.2, 0.25) is 0 Å². The van der Waals surface area contributed by atoms with Gasteiger partial charge in [-0.25, -0.2) is 9.97 Å². The van der Waals surface area contributed by atoms with Gasteiger partial charge in [0.1, 0.15) is 22.9 Å². The van der Waals surface area contributed by atoms with Crippen molar-refractivity contribution in [3.05, 3.63) is 84.3 Å². The minimum atomic E-state index is 0.501. The Bertz CT molecular complexity index is 1190. The van der Waals surface area contributed by atoms with E-state index in [0.29, 0.717) is 6.04 Å². The standard InChI is InChI=1S/C26H24N4/c1-3-9-20(10-4-1)14-16-22-17-15-21(19-27-22)25-26(28-23-11-5-2-6-12-23)30-18-8-7-13-24(30)29-25/h1,3-4,7-10,13,15,17-19,23,28H,2,5-6,11-12H2. The predicted octanol–water partition coefficient (Wildman–Crippen LogP) is 5.54. The van der Waals surface area contributed by atoms with Crippen LogP contribution < -0.4 is 5.32 Å². The molecule has 0 atom stereocenters. The molecule has 0 unspecified atom stereocenters. The van der Waals surface area contributed by atoms with E-state index in [1.165, 1.54) is 32.1 Å². The summed E-state index contributed by atoms with van der Waals surface area (Å²) in [5.74, 6) is 7.36. The second kappa shape index (κ2) is 8.42. The van der Waals surface area contributed by atoms with E-state index in [1.54, 1.807) is 0 Å². The average Bonchev–Trinajstić information content (AvgIpc) is 3.18. The summed E-state index contributed by atoms with van der Waals surface area (Å²) < 4.78 is 2.15. The number of benzene rings is 1. The molecule has 1 saturated carbocycles. The van der Waals surface area contributed by atoms with Gasteiger partial charge < -0.3 is 5.32 Å². The van der Waals surface area contributed by atoms with Gasteiger partial charge in [-0.1, -0.05) is 49.4 Å². The van der Waals surface area contributed by atoms with Crippen molar-refractivity contribution in [2.45, 2.75) is 38.1 Å². The van der Waals surface area contributed by atoms with Crippen LogP contribution in [0.5, 0.6) is 0 Å². The maximum Gasteiger partial charge on any atom is 0.139 e. The van der Waals surface area contributed by atoms with E-state index in [-0.39, 0.29) is 0 Å². The minimum absolute atomic E-state index is 0.501. The number of hydrogen-bond donors (Lipinski definition) is 1. The monoisotopic (exact) mass is 392 g/mol. The highest BCUT2D eigenvalue weighted by Gasteiger charge is 2.19. The fourth-order valence-electron chi connectivity index (χ4n) is 4.04. The summed E-state index contributed by atoms with van der Waals surface area (Å²) in [6.45, 7) is 0. The van der Waals surface area contributed by atoms with Crippen molar-refractivity contribution in [2.75, 3.05) is 5.32 Å². The van der Waals surface area contributed by atoms with Gasteiger partial charge >= 0.3 is 0 Å². The van der Waals surface area contributed by atoms with Gasteiger partial charge in [0.25, 0.3) is 0 Å². The van der Waals surface area contributed by atoms with Crippen molar-refractivity contribution in [3.63, 3.8) is 0 Å². The molecule has 1 aliphatic rings. The predicted molar refractivity (Wildman–Crippen MR) is 121 cm³/mol. The van der Waals surface area contributed by atoms with Crippen LogP contribution in [-0.2, 0) is 0 Å². The first kappa shape index (κ1) is 18.4. The smallest absolute Gasteiger partial charge is 0.139 e. The fraction of sp³-hybridized carbons (Fsp3) is 0.231. The Morgan fingerprint density at radius 2 is 1.70 bits per heavy atom. The molecule has 0 spiro atoms. The first-order valence-electron chi connectivity index (χ1n) is 10.6. The fourth-order valence-corrected chi connectivity index (χ4v) is 4.04. The lowest BCUT2D eigenvalue weighted by molar-refractivity contribution is 0.462. The van der Waals surface area contributed by atoms with Crippen LogP contribution in [0.1, 0.15) is 43.4 Å². The zero-order valence-corrected chi connectivity index (χ0v) is 16.9. The van der Waals surface area contributed by atoms with E-state index < -0.39 is 0 Å².